The molecule has 0 aliphatic carbocycles. The molecule has 1 unspecified atom stereocenters. The number of rotatable bonds is 8. The van der Waals surface area contributed by atoms with Crippen LogP contribution < -0.4 is 5.06 Å². The lowest BCUT2D eigenvalue weighted by Crippen LogP contribution is -2.40. The second-order valence-corrected chi connectivity index (χ2v) is 12.7. The van der Waals surface area contributed by atoms with Crippen molar-refractivity contribution >= 4 is 19.8 Å². The molecule has 3 nitrogen and oxygen atoms in total. The van der Waals surface area contributed by atoms with E-state index in [1.807, 2.05) is 65.7 Å². The van der Waals surface area contributed by atoms with Crippen molar-refractivity contribution in [2.45, 2.75) is 39.0 Å². The van der Waals surface area contributed by atoms with E-state index in [1.165, 1.54) is 5.56 Å². The summed E-state index contributed by atoms with van der Waals surface area (Å²) in [6.07, 6.45) is 0.340. The van der Waals surface area contributed by atoms with Gasteiger partial charge in [-0.3, -0.25) is 9.86 Å². The summed E-state index contributed by atoms with van der Waals surface area (Å²) in [5.74, 6) is 0.108. The molecule has 0 aliphatic heterocycles. The molecule has 0 fully saturated rings. The highest BCUT2D eigenvalue weighted by Gasteiger charge is 2.30. The number of anilines is 1. The fourth-order valence-corrected chi connectivity index (χ4v) is 4.03. The highest BCUT2D eigenvalue weighted by atomic mass is 28.4. The first-order valence-corrected chi connectivity index (χ1v) is 13.4. The fraction of sp³-hybridized carbons (Fsp3) is 0.240. The zero-order valence-corrected chi connectivity index (χ0v) is 18.6. The minimum Gasteiger partial charge on any atom is -0.320 e. The van der Waals surface area contributed by atoms with E-state index in [1.54, 1.807) is 0 Å². The summed E-state index contributed by atoms with van der Waals surface area (Å²) in [4.78, 5) is 13.1. The molecule has 3 aromatic rings. The van der Waals surface area contributed by atoms with Crippen LogP contribution in [0.1, 0.15) is 33.9 Å². The molecule has 150 valence electrons. The zero-order valence-electron chi connectivity index (χ0n) is 17.6. The van der Waals surface area contributed by atoms with Crippen LogP contribution in [0.3, 0.4) is 0 Å². The number of nitrogens with zero attached hydrogens (tertiary/aromatic N) is 1. The first-order chi connectivity index (χ1) is 13.8. The van der Waals surface area contributed by atoms with Crippen LogP contribution in [-0.2, 0) is 4.53 Å². The average Bonchev–Trinajstić information content (AvgIpc) is 2.72. The molecule has 0 saturated carbocycles. The van der Waals surface area contributed by atoms with Gasteiger partial charge in [0.05, 0.1) is 11.7 Å². The van der Waals surface area contributed by atoms with E-state index in [0.29, 0.717) is 6.42 Å². The number of hydroxylamine groups is 1. The Morgan fingerprint density at radius 2 is 1.41 bits per heavy atom. The van der Waals surface area contributed by atoms with E-state index in [-0.39, 0.29) is 11.8 Å². The lowest BCUT2D eigenvalue weighted by atomic mass is 9.96. The number of carbonyl (C=O) groups excluding carboxylic acids is 1. The molecule has 3 rings (SSSR count). The number of carbonyl (C=O) groups is 1. The van der Waals surface area contributed by atoms with E-state index in [9.17, 15) is 4.79 Å². The SMILES string of the molecule is Cc1ccc(C(CC(=O)c2ccccc2)N(O[Si](C)(C)C)c2ccccc2)cc1. The summed E-state index contributed by atoms with van der Waals surface area (Å²) in [5.41, 5.74) is 3.95. The molecule has 29 heavy (non-hydrogen) atoms. The van der Waals surface area contributed by atoms with Gasteiger partial charge in [-0.05, 0) is 44.3 Å². The molecule has 1 atom stereocenters. The normalized spacial score (nSPS) is 12.4. The molecule has 0 saturated heterocycles. The Bertz CT molecular complexity index is 919. The number of ketones is 1. The van der Waals surface area contributed by atoms with Crippen molar-refractivity contribution in [3.63, 3.8) is 0 Å². The first-order valence-electron chi connectivity index (χ1n) is 10.0. The van der Waals surface area contributed by atoms with Crippen molar-refractivity contribution in [2.75, 3.05) is 5.06 Å². The van der Waals surface area contributed by atoms with Crippen LogP contribution in [0, 0.1) is 6.92 Å². The van der Waals surface area contributed by atoms with Crippen molar-refractivity contribution in [1.29, 1.82) is 0 Å². The zero-order chi connectivity index (χ0) is 20.9. The topological polar surface area (TPSA) is 29.5 Å². The summed E-state index contributed by atoms with van der Waals surface area (Å²) in [6.45, 7) is 8.55. The van der Waals surface area contributed by atoms with Gasteiger partial charge < -0.3 is 4.53 Å². The summed E-state index contributed by atoms with van der Waals surface area (Å²) in [5, 5.41) is 1.96. The van der Waals surface area contributed by atoms with Crippen molar-refractivity contribution in [3.8, 4) is 0 Å². The van der Waals surface area contributed by atoms with Crippen molar-refractivity contribution in [3.05, 3.63) is 102 Å². The largest absolute Gasteiger partial charge is 0.320 e. The van der Waals surface area contributed by atoms with Crippen LogP contribution in [0.15, 0.2) is 84.9 Å². The van der Waals surface area contributed by atoms with Gasteiger partial charge in [0.15, 0.2) is 5.78 Å². The van der Waals surface area contributed by atoms with Crippen LogP contribution in [-0.4, -0.2) is 14.1 Å². The molecular weight excluding hydrogens is 374 g/mol. The Morgan fingerprint density at radius 3 is 1.97 bits per heavy atom. The van der Waals surface area contributed by atoms with Gasteiger partial charge in [0.1, 0.15) is 0 Å². The lowest BCUT2D eigenvalue weighted by molar-refractivity contribution is 0.0953. The van der Waals surface area contributed by atoms with E-state index >= 15 is 0 Å². The van der Waals surface area contributed by atoms with Crippen LogP contribution in [0.25, 0.3) is 0 Å². The second kappa shape index (κ2) is 9.20. The fourth-order valence-electron chi connectivity index (χ4n) is 3.21. The van der Waals surface area contributed by atoms with E-state index in [2.05, 4.69) is 50.8 Å². The van der Waals surface area contributed by atoms with Crippen LogP contribution in [0.2, 0.25) is 19.6 Å². The monoisotopic (exact) mass is 403 g/mol. The minimum atomic E-state index is -1.93. The number of para-hydroxylation sites is 1. The van der Waals surface area contributed by atoms with Crippen molar-refractivity contribution < 1.29 is 9.32 Å². The molecule has 0 spiro atoms. The summed E-state index contributed by atoms with van der Waals surface area (Å²) < 4.78 is 6.53. The number of hydrogen-bond donors (Lipinski definition) is 0. The third-order valence-electron chi connectivity index (χ3n) is 4.60. The smallest absolute Gasteiger partial charge is 0.220 e. The van der Waals surface area contributed by atoms with Gasteiger partial charge >= 0.3 is 0 Å². The predicted octanol–water partition coefficient (Wildman–Crippen LogP) is 6.58. The molecule has 0 heterocycles. The number of Topliss-reactive ketones (excluding diaryl/α,β-unsaturated/α-hetero) is 1. The van der Waals surface area contributed by atoms with E-state index in [4.69, 9.17) is 4.53 Å². The van der Waals surface area contributed by atoms with Gasteiger partial charge in [0, 0.05) is 12.0 Å². The molecular formula is C25H29NO2Si. The molecule has 0 bridgehead atoms. The highest BCUT2D eigenvalue weighted by molar-refractivity contribution is 6.69. The molecule has 3 aromatic carbocycles. The van der Waals surface area contributed by atoms with E-state index in [0.717, 1.165) is 16.8 Å². The number of aryl methyl sites for hydroxylation is 1. The minimum absolute atomic E-state index is 0.108. The maximum Gasteiger partial charge on any atom is 0.220 e. The standard InChI is InChI=1S/C25H29NO2Si/c1-20-15-17-21(18-16-20)24(19-25(27)22-11-7-5-8-12-22)26(28-29(2,3)4)23-13-9-6-10-14-23/h5-18,24H,19H2,1-4H3. The van der Waals surface area contributed by atoms with Crippen LogP contribution in [0.5, 0.6) is 0 Å². The summed E-state index contributed by atoms with van der Waals surface area (Å²) >= 11 is 0. The second-order valence-electron chi connectivity index (χ2n) is 8.28. The Labute approximate surface area is 175 Å². The van der Waals surface area contributed by atoms with Gasteiger partial charge in [-0.2, -0.15) is 0 Å². The maximum atomic E-state index is 13.1. The predicted molar refractivity (Wildman–Crippen MR) is 123 cm³/mol. The molecule has 0 aliphatic rings. The Morgan fingerprint density at radius 1 is 0.862 bits per heavy atom. The third kappa shape index (κ3) is 5.89. The lowest BCUT2D eigenvalue weighted by Gasteiger charge is -2.37. The Hall–Kier alpha value is -2.69. The maximum absolute atomic E-state index is 13.1. The summed E-state index contributed by atoms with van der Waals surface area (Å²) in [7, 11) is -1.93. The van der Waals surface area contributed by atoms with Crippen LogP contribution in [0.4, 0.5) is 5.69 Å². The first kappa shape index (κ1) is 21.0. The average molecular weight is 404 g/mol. The van der Waals surface area contributed by atoms with Gasteiger partial charge in [-0.15, -0.1) is 0 Å². The van der Waals surface area contributed by atoms with Crippen molar-refractivity contribution in [1.82, 2.24) is 0 Å². The Kier molecular flexibility index (Phi) is 6.67. The summed E-state index contributed by atoms with van der Waals surface area (Å²) in [6, 6.07) is 27.7. The molecule has 0 amide bonds. The quantitative estimate of drug-likeness (QED) is 0.242. The number of hydrogen-bond acceptors (Lipinski definition) is 3. The molecule has 4 heteroatoms. The van der Waals surface area contributed by atoms with Crippen LogP contribution >= 0.6 is 0 Å². The molecule has 0 aromatic heterocycles. The van der Waals surface area contributed by atoms with Gasteiger partial charge in [0.25, 0.3) is 0 Å². The van der Waals surface area contributed by atoms with Gasteiger partial charge in [-0.25, -0.2) is 0 Å². The third-order valence-corrected chi connectivity index (χ3v) is 5.35. The van der Waals surface area contributed by atoms with E-state index < -0.39 is 8.32 Å². The number of benzene rings is 3. The highest BCUT2D eigenvalue weighted by Crippen LogP contribution is 2.33. The molecule has 0 radical (unpaired) electrons. The molecule has 0 N–H and O–H groups in total. The van der Waals surface area contributed by atoms with Crippen molar-refractivity contribution in [2.24, 2.45) is 0 Å². The van der Waals surface area contributed by atoms with Gasteiger partial charge in [0.2, 0.25) is 8.32 Å². The Balaban J connectivity index is 2.03. The van der Waals surface area contributed by atoms with Gasteiger partial charge in [-0.1, -0.05) is 78.4 Å².